The minimum absolute atomic E-state index is 0.123. The highest BCUT2D eigenvalue weighted by Gasteiger charge is 2.17. The minimum Gasteiger partial charge on any atom is -0.493 e. The third-order valence-electron chi connectivity index (χ3n) is 3.85. The number of nitrogens with one attached hydrogen (secondary N) is 1. The first-order valence-electron chi connectivity index (χ1n) is 7.28. The molecule has 1 aromatic heterocycles. The Balaban J connectivity index is 1.81. The topological polar surface area (TPSA) is 70.4 Å². The summed E-state index contributed by atoms with van der Waals surface area (Å²) in [5.74, 6) is -0.634. The molecule has 2 aromatic carbocycles. The average molecular weight is 321 g/mol. The van der Waals surface area contributed by atoms with Gasteiger partial charge in [0.05, 0.1) is 11.4 Å². The normalized spacial score (nSPS) is 14.3. The number of nitrogens with zero attached hydrogens (tertiary/aromatic N) is 2. The van der Waals surface area contributed by atoms with E-state index in [0.29, 0.717) is 5.69 Å². The summed E-state index contributed by atoms with van der Waals surface area (Å²) in [5, 5.41) is 12.9. The van der Waals surface area contributed by atoms with Crippen LogP contribution in [0.25, 0.3) is 17.3 Å². The van der Waals surface area contributed by atoms with Gasteiger partial charge >= 0.3 is 0 Å². The lowest BCUT2D eigenvalue weighted by Gasteiger charge is -2.04. The summed E-state index contributed by atoms with van der Waals surface area (Å²) in [6.07, 6.45) is 3.24. The standard InChI is InChI=1S/C18H12FN3O2/c19-12-5-7-13(8-6-12)22-18(24)15(17(23)21-22)9-11-10-20-16-4-2-1-3-14(11)16/h1-10,24H,(H,21,23)/b11-9+. The van der Waals surface area contributed by atoms with E-state index in [0.717, 1.165) is 16.8 Å². The fourth-order valence-electron chi connectivity index (χ4n) is 2.65. The van der Waals surface area contributed by atoms with E-state index in [1.54, 1.807) is 12.3 Å². The van der Waals surface area contributed by atoms with Crippen molar-refractivity contribution in [1.82, 2.24) is 9.78 Å². The number of rotatable bonds is 2. The van der Waals surface area contributed by atoms with Crippen molar-refractivity contribution in [3.05, 3.63) is 75.8 Å². The first-order chi connectivity index (χ1) is 11.6. The summed E-state index contributed by atoms with van der Waals surface area (Å²) in [6.45, 7) is 0. The van der Waals surface area contributed by atoms with Crippen LogP contribution < -0.4 is 5.56 Å². The van der Waals surface area contributed by atoms with Crippen LogP contribution in [0.5, 0.6) is 5.88 Å². The van der Waals surface area contributed by atoms with E-state index in [-0.39, 0.29) is 11.4 Å². The first-order valence-corrected chi connectivity index (χ1v) is 7.28. The maximum atomic E-state index is 13.0. The Morgan fingerprint density at radius 1 is 1.12 bits per heavy atom. The summed E-state index contributed by atoms with van der Waals surface area (Å²) in [6, 6.07) is 13.0. The van der Waals surface area contributed by atoms with Crippen LogP contribution in [0.4, 0.5) is 10.1 Å². The van der Waals surface area contributed by atoms with Gasteiger partial charge in [-0.25, -0.2) is 9.07 Å². The van der Waals surface area contributed by atoms with Gasteiger partial charge in [-0.05, 0) is 36.4 Å². The molecule has 5 nitrogen and oxygen atoms in total. The van der Waals surface area contributed by atoms with E-state index in [9.17, 15) is 14.3 Å². The van der Waals surface area contributed by atoms with Gasteiger partial charge < -0.3 is 5.11 Å². The maximum Gasteiger partial charge on any atom is 0.275 e. The highest BCUT2D eigenvalue weighted by atomic mass is 19.1. The molecule has 3 aromatic rings. The van der Waals surface area contributed by atoms with Crippen molar-refractivity contribution in [2.75, 3.05) is 0 Å². The van der Waals surface area contributed by atoms with Gasteiger partial charge in [-0.2, -0.15) is 0 Å². The van der Waals surface area contributed by atoms with Gasteiger partial charge in [-0.1, -0.05) is 18.2 Å². The minimum atomic E-state index is -0.442. The third kappa shape index (κ3) is 2.25. The van der Waals surface area contributed by atoms with Crippen molar-refractivity contribution < 1.29 is 9.50 Å². The highest BCUT2D eigenvalue weighted by Crippen LogP contribution is 2.33. The number of aliphatic imine (C=N–C) groups is 1. The molecule has 0 atom stereocenters. The fraction of sp³-hybridized carbons (Fsp3) is 0. The van der Waals surface area contributed by atoms with Crippen LogP contribution in [0.2, 0.25) is 0 Å². The molecule has 0 saturated carbocycles. The van der Waals surface area contributed by atoms with Crippen molar-refractivity contribution in [2.24, 2.45) is 4.99 Å². The van der Waals surface area contributed by atoms with Gasteiger partial charge in [0.15, 0.2) is 0 Å². The van der Waals surface area contributed by atoms with Crippen LogP contribution in [0, 0.1) is 5.82 Å². The van der Waals surface area contributed by atoms with E-state index in [1.807, 2.05) is 24.3 Å². The van der Waals surface area contributed by atoms with Gasteiger partial charge in [-0.3, -0.25) is 14.9 Å². The lowest BCUT2D eigenvalue weighted by molar-refractivity contribution is 0.432. The van der Waals surface area contributed by atoms with E-state index in [4.69, 9.17) is 0 Å². The number of hydrogen-bond acceptors (Lipinski definition) is 3. The van der Waals surface area contributed by atoms with Crippen molar-refractivity contribution in [1.29, 1.82) is 0 Å². The number of aromatic nitrogens is 2. The van der Waals surface area contributed by atoms with Crippen LogP contribution in [-0.2, 0) is 0 Å². The number of aromatic amines is 1. The summed E-state index contributed by atoms with van der Waals surface area (Å²) >= 11 is 0. The molecule has 0 fully saturated rings. The molecule has 2 N–H and O–H groups in total. The molecule has 1 aliphatic rings. The number of para-hydroxylation sites is 1. The van der Waals surface area contributed by atoms with Crippen LogP contribution in [0.3, 0.4) is 0 Å². The number of benzene rings is 2. The predicted molar refractivity (Wildman–Crippen MR) is 90.5 cm³/mol. The lowest BCUT2D eigenvalue weighted by Crippen LogP contribution is -2.05. The summed E-state index contributed by atoms with van der Waals surface area (Å²) < 4.78 is 14.2. The van der Waals surface area contributed by atoms with Crippen LogP contribution in [0.15, 0.2) is 58.3 Å². The SMILES string of the molecule is O=c1[nH]n(-c2ccc(F)cc2)c(O)c1/C=C1\C=Nc2ccccc21. The number of halogens is 1. The van der Waals surface area contributed by atoms with Crippen LogP contribution in [-0.4, -0.2) is 21.1 Å². The van der Waals surface area contributed by atoms with Gasteiger partial charge in [0.1, 0.15) is 11.4 Å². The van der Waals surface area contributed by atoms with E-state index in [2.05, 4.69) is 10.1 Å². The first kappa shape index (κ1) is 14.2. The predicted octanol–water partition coefficient (Wildman–Crippen LogP) is 3.27. The molecular weight excluding hydrogens is 309 g/mol. The number of aromatic hydroxyl groups is 1. The van der Waals surface area contributed by atoms with E-state index in [1.165, 1.54) is 28.9 Å². The Morgan fingerprint density at radius 3 is 2.67 bits per heavy atom. The van der Waals surface area contributed by atoms with E-state index < -0.39 is 11.4 Å². The zero-order valence-electron chi connectivity index (χ0n) is 12.4. The lowest BCUT2D eigenvalue weighted by atomic mass is 10.1. The molecule has 24 heavy (non-hydrogen) atoms. The monoisotopic (exact) mass is 321 g/mol. The maximum absolute atomic E-state index is 13.0. The molecule has 0 aliphatic carbocycles. The summed E-state index contributed by atoms with van der Waals surface area (Å²) in [7, 11) is 0. The Hall–Kier alpha value is -3.41. The molecule has 4 rings (SSSR count). The van der Waals surface area contributed by atoms with Gasteiger partial charge in [0.2, 0.25) is 5.88 Å². The molecule has 0 unspecified atom stereocenters. The molecule has 0 spiro atoms. The molecule has 0 radical (unpaired) electrons. The molecule has 0 saturated heterocycles. The Labute approximate surface area is 136 Å². The number of fused-ring (bicyclic) bond motifs is 1. The third-order valence-corrected chi connectivity index (χ3v) is 3.85. The van der Waals surface area contributed by atoms with Gasteiger partial charge in [0, 0.05) is 17.4 Å². The highest BCUT2D eigenvalue weighted by molar-refractivity contribution is 6.21. The number of H-pyrrole nitrogens is 1. The van der Waals surface area contributed by atoms with Crippen molar-refractivity contribution >= 4 is 23.6 Å². The average Bonchev–Trinajstić information content (AvgIpc) is 3.12. The Bertz CT molecular complexity index is 1040. The summed E-state index contributed by atoms with van der Waals surface area (Å²) in [5.41, 5.74) is 2.59. The second kappa shape index (κ2) is 5.34. The van der Waals surface area contributed by atoms with Crippen molar-refractivity contribution in [3.8, 4) is 11.6 Å². The van der Waals surface area contributed by atoms with Crippen molar-refractivity contribution in [3.63, 3.8) is 0 Å². The largest absolute Gasteiger partial charge is 0.493 e. The zero-order valence-corrected chi connectivity index (χ0v) is 12.4. The second-order valence-corrected chi connectivity index (χ2v) is 5.37. The van der Waals surface area contributed by atoms with Gasteiger partial charge in [-0.15, -0.1) is 0 Å². The smallest absolute Gasteiger partial charge is 0.275 e. The molecule has 0 amide bonds. The zero-order chi connectivity index (χ0) is 16.7. The van der Waals surface area contributed by atoms with Crippen molar-refractivity contribution in [2.45, 2.75) is 0 Å². The number of allylic oxidation sites excluding steroid dienone is 1. The number of hydrogen-bond donors (Lipinski definition) is 2. The second-order valence-electron chi connectivity index (χ2n) is 5.37. The summed E-state index contributed by atoms with van der Waals surface area (Å²) in [4.78, 5) is 16.5. The molecule has 2 heterocycles. The molecule has 1 aliphatic heterocycles. The van der Waals surface area contributed by atoms with E-state index >= 15 is 0 Å². The van der Waals surface area contributed by atoms with Crippen LogP contribution >= 0.6 is 0 Å². The fourth-order valence-corrected chi connectivity index (χ4v) is 2.65. The van der Waals surface area contributed by atoms with Gasteiger partial charge in [0.25, 0.3) is 5.56 Å². The Morgan fingerprint density at radius 2 is 1.88 bits per heavy atom. The quantitative estimate of drug-likeness (QED) is 0.760. The molecule has 6 heteroatoms. The van der Waals surface area contributed by atoms with Crippen LogP contribution in [0.1, 0.15) is 11.1 Å². The molecule has 118 valence electrons. The molecular formula is C18H12FN3O2. The molecule has 0 bridgehead atoms. The Kier molecular flexibility index (Phi) is 3.16.